The molecule has 0 aliphatic heterocycles. The van der Waals surface area contributed by atoms with Crippen LogP contribution in [-0.2, 0) is 0 Å². The van der Waals surface area contributed by atoms with Crippen molar-refractivity contribution < 1.29 is 0 Å². The van der Waals surface area contributed by atoms with E-state index in [2.05, 4.69) is 39.4 Å². The smallest absolute Gasteiger partial charge is 0.189 e. The van der Waals surface area contributed by atoms with Crippen molar-refractivity contribution in [2.24, 2.45) is 4.99 Å². The second-order valence-corrected chi connectivity index (χ2v) is 5.74. The number of aryl methyl sites for hydroxylation is 1. The Morgan fingerprint density at radius 3 is 2.33 bits per heavy atom. The number of pyridine rings is 2. The van der Waals surface area contributed by atoms with Crippen LogP contribution >= 0.6 is 12.2 Å². The molecule has 0 amide bonds. The topological polar surface area (TPSA) is 38.1 Å². The largest absolute Gasteiger partial charge is 0.243 e. The number of hydrogen-bond donors (Lipinski definition) is 0. The quantitative estimate of drug-likeness (QED) is 0.277. The lowest BCUT2D eigenvalue weighted by atomic mass is 10.00. The highest BCUT2D eigenvalue weighted by Gasteiger charge is 2.13. The number of rotatable bonds is 2. The second-order valence-electron chi connectivity index (χ2n) is 5.56. The molecule has 2 aromatic heterocycles. The zero-order chi connectivity index (χ0) is 16.5. The molecule has 3 nitrogen and oxygen atoms in total. The van der Waals surface area contributed by atoms with Crippen molar-refractivity contribution in [2.75, 3.05) is 0 Å². The van der Waals surface area contributed by atoms with Crippen molar-refractivity contribution in [1.82, 2.24) is 9.97 Å². The zero-order valence-corrected chi connectivity index (χ0v) is 13.8. The average Bonchev–Trinajstić information content (AvgIpc) is 2.62. The molecule has 4 heteroatoms. The molecule has 0 N–H and O–H groups in total. The lowest BCUT2D eigenvalue weighted by Crippen LogP contribution is -1.93. The lowest BCUT2D eigenvalue weighted by molar-refractivity contribution is 1.19. The third-order valence-corrected chi connectivity index (χ3v) is 4.09. The van der Waals surface area contributed by atoms with Gasteiger partial charge < -0.3 is 0 Å². The van der Waals surface area contributed by atoms with Crippen molar-refractivity contribution in [3.8, 4) is 11.3 Å². The number of aromatic nitrogens is 2. The summed E-state index contributed by atoms with van der Waals surface area (Å²) in [6, 6.07) is 20.5. The van der Waals surface area contributed by atoms with Crippen molar-refractivity contribution >= 4 is 44.9 Å². The summed E-state index contributed by atoms with van der Waals surface area (Å²) in [5.74, 6) is 0.517. The van der Waals surface area contributed by atoms with E-state index < -0.39 is 0 Å². The van der Waals surface area contributed by atoms with Gasteiger partial charge in [0, 0.05) is 22.0 Å². The first kappa shape index (κ1) is 14.6. The van der Waals surface area contributed by atoms with Gasteiger partial charge in [0.25, 0.3) is 0 Å². The fraction of sp³-hybridized carbons (Fsp3) is 0.0500. The van der Waals surface area contributed by atoms with Gasteiger partial charge in [-0.25, -0.2) is 9.97 Å². The van der Waals surface area contributed by atoms with Gasteiger partial charge in [-0.05, 0) is 30.6 Å². The molecular weight excluding hydrogens is 314 g/mol. The zero-order valence-electron chi connectivity index (χ0n) is 13.0. The van der Waals surface area contributed by atoms with E-state index in [9.17, 15) is 0 Å². The van der Waals surface area contributed by atoms with Gasteiger partial charge in [-0.3, -0.25) is 0 Å². The highest BCUT2D eigenvalue weighted by molar-refractivity contribution is 7.78. The maximum atomic E-state index is 4.89. The number of benzene rings is 2. The first-order valence-corrected chi connectivity index (χ1v) is 8.02. The normalized spacial score (nSPS) is 10.7. The molecule has 0 saturated carbocycles. The molecule has 24 heavy (non-hydrogen) atoms. The molecule has 0 aliphatic rings. The molecule has 2 aromatic carbocycles. The molecule has 0 saturated heterocycles. The Bertz CT molecular complexity index is 1110. The Hall–Kier alpha value is -2.94. The van der Waals surface area contributed by atoms with Crippen molar-refractivity contribution in [3.63, 3.8) is 0 Å². The first-order chi connectivity index (χ1) is 11.8. The third kappa shape index (κ3) is 2.38. The summed E-state index contributed by atoms with van der Waals surface area (Å²) in [5.41, 5.74) is 3.61. The van der Waals surface area contributed by atoms with Crippen LogP contribution in [0.25, 0.3) is 32.9 Å². The summed E-state index contributed by atoms with van der Waals surface area (Å²) in [5, 5.41) is 5.69. The van der Waals surface area contributed by atoms with Crippen molar-refractivity contribution in [1.29, 1.82) is 0 Å². The first-order valence-electron chi connectivity index (χ1n) is 7.61. The van der Waals surface area contributed by atoms with Crippen LogP contribution in [0.1, 0.15) is 5.69 Å². The number of hydrogen-bond acceptors (Lipinski definition) is 4. The summed E-state index contributed by atoms with van der Waals surface area (Å²) in [6.45, 7) is 1.95. The highest BCUT2D eigenvalue weighted by atomic mass is 32.1. The van der Waals surface area contributed by atoms with Crippen LogP contribution in [0.2, 0.25) is 0 Å². The van der Waals surface area contributed by atoms with E-state index in [1.54, 1.807) is 0 Å². The van der Waals surface area contributed by atoms with Crippen LogP contribution in [-0.4, -0.2) is 15.1 Å². The van der Waals surface area contributed by atoms with Gasteiger partial charge in [-0.15, -0.1) is 0 Å². The monoisotopic (exact) mass is 327 g/mol. The number of fused-ring (bicyclic) bond motifs is 3. The number of thiocarbonyl (C=S) groups is 1. The Morgan fingerprint density at radius 1 is 0.875 bits per heavy atom. The van der Waals surface area contributed by atoms with Crippen LogP contribution in [0.4, 0.5) is 5.82 Å². The Balaban J connectivity index is 2.22. The SMILES string of the molecule is Cc1cc2c(nc(-c3ccccc3)c3ccccc32)c(N=C=S)n1. The van der Waals surface area contributed by atoms with Gasteiger partial charge in [-0.1, -0.05) is 54.6 Å². The Labute approximate surface area is 144 Å². The highest BCUT2D eigenvalue weighted by Crippen LogP contribution is 2.35. The van der Waals surface area contributed by atoms with Crippen molar-refractivity contribution in [3.05, 3.63) is 66.4 Å². The van der Waals surface area contributed by atoms with Crippen LogP contribution in [0, 0.1) is 6.92 Å². The molecule has 0 fully saturated rings. The van der Waals surface area contributed by atoms with Crippen LogP contribution < -0.4 is 0 Å². The van der Waals surface area contributed by atoms with Gasteiger partial charge >= 0.3 is 0 Å². The third-order valence-electron chi connectivity index (χ3n) is 4.00. The fourth-order valence-electron chi connectivity index (χ4n) is 3.00. The standard InChI is InChI=1S/C20H13N3S/c1-13-11-17-15-9-5-6-10-16(15)18(14-7-3-2-4-8-14)23-19(17)20(22-13)21-12-24/h2-11H,1H3. The summed E-state index contributed by atoms with van der Waals surface area (Å²) >= 11 is 4.78. The maximum absolute atomic E-state index is 4.89. The van der Waals surface area contributed by atoms with E-state index in [0.717, 1.165) is 38.6 Å². The molecule has 0 aliphatic carbocycles. The molecule has 0 atom stereocenters. The van der Waals surface area contributed by atoms with Gasteiger partial charge in [0.05, 0.1) is 10.9 Å². The molecular formula is C20H13N3S. The van der Waals surface area contributed by atoms with E-state index in [1.165, 1.54) is 0 Å². The van der Waals surface area contributed by atoms with Crippen molar-refractivity contribution in [2.45, 2.75) is 6.92 Å². The van der Waals surface area contributed by atoms with E-state index in [0.29, 0.717) is 5.82 Å². The summed E-state index contributed by atoms with van der Waals surface area (Å²) in [6.07, 6.45) is 0. The molecule has 2 heterocycles. The van der Waals surface area contributed by atoms with Gasteiger partial charge in [0.1, 0.15) is 5.52 Å². The minimum atomic E-state index is 0.517. The molecule has 4 rings (SSSR count). The van der Waals surface area contributed by atoms with Gasteiger partial charge in [-0.2, -0.15) is 4.99 Å². The molecule has 0 bridgehead atoms. The molecule has 0 unspecified atom stereocenters. The number of isothiocyanates is 1. The number of nitrogens with zero attached hydrogens (tertiary/aromatic N) is 3. The summed E-state index contributed by atoms with van der Waals surface area (Å²) < 4.78 is 0. The Kier molecular flexibility index (Phi) is 3.62. The Morgan fingerprint density at radius 2 is 1.58 bits per heavy atom. The summed E-state index contributed by atoms with van der Waals surface area (Å²) in [7, 11) is 0. The predicted molar refractivity (Wildman–Crippen MR) is 102 cm³/mol. The van der Waals surface area contributed by atoms with E-state index in [-0.39, 0.29) is 0 Å². The van der Waals surface area contributed by atoms with Gasteiger partial charge in [0.2, 0.25) is 0 Å². The molecule has 0 spiro atoms. The summed E-state index contributed by atoms with van der Waals surface area (Å²) in [4.78, 5) is 13.5. The maximum Gasteiger partial charge on any atom is 0.189 e. The molecule has 0 radical (unpaired) electrons. The van der Waals surface area contributed by atoms with Gasteiger partial charge in [0.15, 0.2) is 5.82 Å². The van der Waals surface area contributed by atoms with E-state index >= 15 is 0 Å². The van der Waals surface area contributed by atoms with Crippen LogP contribution in [0.15, 0.2) is 65.7 Å². The average molecular weight is 327 g/mol. The van der Waals surface area contributed by atoms with Crippen LogP contribution in [0.5, 0.6) is 0 Å². The minimum Gasteiger partial charge on any atom is -0.243 e. The fourth-order valence-corrected chi connectivity index (χ4v) is 3.09. The second kappa shape index (κ2) is 5.93. The minimum absolute atomic E-state index is 0.517. The van der Waals surface area contributed by atoms with Crippen LogP contribution in [0.3, 0.4) is 0 Å². The molecule has 114 valence electrons. The van der Waals surface area contributed by atoms with E-state index in [1.807, 2.05) is 43.3 Å². The lowest BCUT2D eigenvalue weighted by Gasteiger charge is -2.11. The predicted octanol–water partition coefficient (Wildman–Crippen LogP) is 5.49. The number of aliphatic imine (C=N–C) groups is 1. The molecule has 4 aromatic rings. The van der Waals surface area contributed by atoms with E-state index in [4.69, 9.17) is 17.2 Å².